The third kappa shape index (κ3) is 16.2. The summed E-state index contributed by atoms with van der Waals surface area (Å²) in [5, 5.41) is 1.50. The van der Waals surface area contributed by atoms with Gasteiger partial charge in [0.1, 0.15) is 0 Å². The Morgan fingerprint density at radius 3 is 1.31 bits per heavy atom. The molecule has 0 N–H and O–H groups in total. The zero-order valence-corrected chi connectivity index (χ0v) is 27.0. The molecule has 0 radical (unpaired) electrons. The number of hydrogen-bond acceptors (Lipinski definition) is 0. The SMILES string of the molecule is CCCCCCCCCCCCCCCCCCCCCC[PH](CC)(CC)Cc1cccc(Cl)c1Cl. The summed E-state index contributed by atoms with van der Waals surface area (Å²) in [7, 11) is -1.30. The van der Waals surface area contributed by atoms with Crippen LogP contribution < -0.4 is 0 Å². The van der Waals surface area contributed by atoms with Gasteiger partial charge >= 0.3 is 173 Å². The van der Waals surface area contributed by atoms with Crippen LogP contribution in [-0.2, 0) is 6.16 Å². The fraction of sp³-hybridized carbons (Fsp3) is 0.818. The molecule has 0 bridgehead atoms. The number of halogens is 2. The second-order valence-electron chi connectivity index (χ2n) is 11.6. The van der Waals surface area contributed by atoms with Gasteiger partial charge in [0, 0.05) is 0 Å². The Morgan fingerprint density at radius 2 is 0.917 bits per heavy atom. The first-order valence-electron chi connectivity index (χ1n) is 16.0. The van der Waals surface area contributed by atoms with E-state index in [0.717, 1.165) is 5.02 Å². The van der Waals surface area contributed by atoms with Gasteiger partial charge < -0.3 is 0 Å². The van der Waals surface area contributed by atoms with Crippen molar-refractivity contribution in [3.63, 3.8) is 0 Å². The van der Waals surface area contributed by atoms with Gasteiger partial charge in [0.25, 0.3) is 0 Å². The summed E-state index contributed by atoms with van der Waals surface area (Å²) >= 11 is 12.8. The monoisotopic (exact) mass is 558 g/mol. The molecule has 0 unspecified atom stereocenters. The first kappa shape index (κ1) is 34.3. The Bertz CT molecular complexity index is 626. The van der Waals surface area contributed by atoms with Crippen LogP contribution in [0, 0.1) is 0 Å². The Morgan fingerprint density at radius 1 is 0.528 bits per heavy atom. The second-order valence-corrected chi connectivity index (χ2v) is 17.6. The molecule has 0 aliphatic rings. The molecular formula is C33H61Cl2P. The Labute approximate surface area is 237 Å². The van der Waals surface area contributed by atoms with Gasteiger partial charge in [-0.25, -0.2) is 0 Å². The van der Waals surface area contributed by atoms with Gasteiger partial charge in [0.05, 0.1) is 0 Å². The molecule has 212 valence electrons. The Balaban J connectivity index is 1.95. The Hall–Kier alpha value is 0.230. The molecule has 1 aromatic rings. The Kier molecular flexibility index (Phi) is 22.0. The normalized spacial score (nSPS) is 12.4. The minimum atomic E-state index is -1.30. The average Bonchev–Trinajstić information content (AvgIpc) is 2.89. The van der Waals surface area contributed by atoms with Gasteiger partial charge in [-0.15, -0.1) is 0 Å². The molecule has 0 saturated heterocycles. The van der Waals surface area contributed by atoms with Gasteiger partial charge in [0.2, 0.25) is 0 Å². The van der Waals surface area contributed by atoms with Crippen molar-refractivity contribution in [2.75, 3.05) is 18.5 Å². The number of rotatable bonds is 25. The maximum absolute atomic E-state index is 6.52. The van der Waals surface area contributed by atoms with Crippen LogP contribution in [0.2, 0.25) is 10.0 Å². The molecule has 0 amide bonds. The third-order valence-electron chi connectivity index (χ3n) is 8.66. The molecule has 3 heteroatoms. The second kappa shape index (κ2) is 23.1. The van der Waals surface area contributed by atoms with Crippen LogP contribution in [0.3, 0.4) is 0 Å². The molecule has 1 aromatic carbocycles. The summed E-state index contributed by atoms with van der Waals surface area (Å²) < 4.78 is 0. The van der Waals surface area contributed by atoms with Gasteiger partial charge in [-0.3, -0.25) is 0 Å². The van der Waals surface area contributed by atoms with Crippen LogP contribution in [-0.4, -0.2) is 18.5 Å². The maximum atomic E-state index is 6.52. The van der Waals surface area contributed by atoms with Gasteiger partial charge in [-0.2, -0.15) is 0 Å². The van der Waals surface area contributed by atoms with Crippen LogP contribution in [0.25, 0.3) is 0 Å². The predicted molar refractivity (Wildman–Crippen MR) is 172 cm³/mol. The average molecular weight is 560 g/mol. The zero-order valence-electron chi connectivity index (χ0n) is 24.5. The van der Waals surface area contributed by atoms with Crippen LogP contribution in [0.5, 0.6) is 0 Å². The quantitative estimate of drug-likeness (QED) is 0.0825. The topological polar surface area (TPSA) is 0 Å². The predicted octanol–water partition coefficient (Wildman–Crippen LogP) is 13.1. The van der Waals surface area contributed by atoms with E-state index in [1.807, 2.05) is 6.07 Å². The summed E-state index contributed by atoms with van der Waals surface area (Å²) in [5.74, 6) is 0. The van der Waals surface area contributed by atoms with E-state index in [9.17, 15) is 0 Å². The first-order chi connectivity index (χ1) is 17.6. The molecule has 0 fully saturated rings. The molecule has 36 heavy (non-hydrogen) atoms. The van der Waals surface area contributed by atoms with Crippen LogP contribution >= 0.6 is 30.5 Å². The number of benzene rings is 1. The summed E-state index contributed by atoms with van der Waals surface area (Å²) in [4.78, 5) is 0. The zero-order chi connectivity index (χ0) is 26.3. The van der Waals surface area contributed by atoms with Crippen molar-refractivity contribution in [2.45, 2.75) is 155 Å². The van der Waals surface area contributed by atoms with E-state index < -0.39 is 7.26 Å². The van der Waals surface area contributed by atoms with Gasteiger partial charge in [0.15, 0.2) is 0 Å². The summed E-state index contributed by atoms with van der Waals surface area (Å²) in [6, 6.07) is 6.16. The molecule has 0 aromatic heterocycles. The molecule has 1 rings (SSSR count). The summed E-state index contributed by atoms with van der Waals surface area (Å²) in [5.41, 5.74) is 1.28. The van der Waals surface area contributed by atoms with Gasteiger partial charge in [-0.1, -0.05) is 64.7 Å². The van der Waals surface area contributed by atoms with Crippen molar-refractivity contribution in [1.29, 1.82) is 0 Å². The van der Waals surface area contributed by atoms with Crippen LogP contribution in [0.15, 0.2) is 18.2 Å². The van der Waals surface area contributed by atoms with Crippen LogP contribution in [0.1, 0.15) is 155 Å². The minimum absolute atomic E-state index is 0.711. The van der Waals surface area contributed by atoms with E-state index in [4.69, 9.17) is 23.2 Å². The number of hydrogen-bond donors (Lipinski definition) is 0. The molecule has 0 nitrogen and oxygen atoms in total. The molecule has 0 heterocycles. The van der Waals surface area contributed by atoms with Crippen LogP contribution in [0.4, 0.5) is 0 Å². The number of unbranched alkanes of at least 4 members (excludes halogenated alkanes) is 19. The molecule has 0 saturated carbocycles. The third-order valence-corrected chi connectivity index (χ3v) is 15.1. The summed E-state index contributed by atoms with van der Waals surface area (Å²) in [6.45, 7) is 7.12. The van der Waals surface area contributed by atoms with E-state index >= 15 is 0 Å². The van der Waals surface area contributed by atoms with E-state index in [2.05, 4.69) is 32.9 Å². The van der Waals surface area contributed by atoms with E-state index in [1.54, 1.807) is 0 Å². The van der Waals surface area contributed by atoms with Crippen molar-refractivity contribution in [1.82, 2.24) is 0 Å². The standard InChI is InChI=1S/C33H61Cl2P/c1-4-7-8-9-10-11-12-13-14-15-16-17-18-19-20-21-22-23-24-25-29-36(5-2,6-3)30-31-27-26-28-32(34)33(31)35/h26-28,36H,4-25,29-30H2,1-3H3. The molecule has 0 aliphatic carbocycles. The molecule has 0 spiro atoms. The fourth-order valence-electron chi connectivity index (χ4n) is 5.79. The molecule has 0 aliphatic heterocycles. The van der Waals surface area contributed by atoms with Crippen molar-refractivity contribution in [3.05, 3.63) is 33.8 Å². The van der Waals surface area contributed by atoms with Crippen molar-refractivity contribution in [3.8, 4) is 0 Å². The summed E-state index contributed by atoms with van der Waals surface area (Å²) in [6.07, 6.45) is 34.3. The molecule has 0 atom stereocenters. The van der Waals surface area contributed by atoms with E-state index in [1.165, 1.54) is 159 Å². The van der Waals surface area contributed by atoms with E-state index in [-0.39, 0.29) is 0 Å². The van der Waals surface area contributed by atoms with E-state index in [0.29, 0.717) is 5.02 Å². The van der Waals surface area contributed by atoms with Crippen molar-refractivity contribution in [2.24, 2.45) is 0 Å². The van der Waals surface area contributed by atoms with Crippen molar-refractivity contribution < 1.29 is 0 Å². The molecular weight excluding hydrogens is 498 g/mol. The van der Waals surface area contributed by atoms with Crippen molar-refractivity contribution >= 4 is 30.5 Å². The fourth-order valence-corrected chi connectivity index (χ4v) is 10.3. The first-order valence-corrected chi connectivity index (χ1v) is 19.6. The van der Waals surface area contributed by atoms with Gasteiger partial charge in [-0.05, 0) is 0 Å².